The van der Waals surface area contributed by atoms with E-state index in [1.165, 1.54) is 88.7 Å². The van der Waals surface area contributed by atoms with E-state index in [-0.39, 0.29) is 11.5 Å². The molecule has 2 heterocycles. The lowest BCUT2D eigenvalue weighted by atomic mass is 9.77. The second kappa shape index (κ2) is 11.7. The van der Waals surface area contributed by atoms with Crippen molar-refractivity contribution < 1.29 is 0 Å². The molecule has 2 nitrogen and oxygen atoms in total. The number of nitrogens with zero attached hydrogens (tertiary/aromatic N) is 1. The standard InChI is InChI=1S/C50H44N2/c1-31-11-9-16-45(51-31)33-21-19-32(20-22-33)43-30-44(42-26-24-36-28-37(50(2,3)4)27-35-23-25-41(43)49(42)48(35)36)34-12-10-13-38(29-34)52-46-17-7-5-14-39(46)40-15-6-8-18-47(40)52/h5-23,25,27-31,39,46,51H,24,26H2,1-4H3. The normalized spacial score (nSPS) is 20.0. The Labute approximate surface area is 307 Å². The number of fused-ring (bicyclic) bond motifs is 3. The highest BCUT2D eigenvalue weighted by molar-refractivity contribution is 6.17. The Morgan fingerprint density at radius 1 is 0.673 bits per heavy atom. The highest BCUT2D eigenvalue weighted by Crippen LogP contribution is 2.50. The fraction of sp³-hybridized carbons (Fsp3) is 0.200. The quantitative estimate of drug-likeness (QED) is 0.188. The Bertz CT molecular complexity index is 2550. The maximum absolute atomic E-state index is 3.62. The van der Waals surface area contributed by atoms with Gasteiger partial charge < -0.3 is 10.2 Å². The van der Waals surface area contributed by atoms with Gasteiger partial charge in [-0.2, -0.15) is 0 Å². The molecule has 6 aromatic carbocycles. The van der Waals surface area contributed by atoms with E-state index in [9.17, 15) is 0 Å². The zero-order chi connectivity index (χ0) is 35.1. The predicted octanol–water partition coefficient (Wildman–Crippen LogP) is 12.3. The molecule has 2 aliphatic carbocycles. The Morgan fingerprint density at radius 2 is 1.50 bits per heavy atom. The molecule has 0 spiro atoms. The van der Waals surface area contributed by atoms with E-state index in [2.05, 4.69) is 184 Å². The molecule has 0 saturated carbocycles. The molecule has 4 aliphatic rings. The van der Waals surface area contributed by atoms with Crippen LogP contribution in [0.5, 0.6) is 0 Å². The van der Waals surface area contributed by atoms with Crippen molar-refractivity contribution in [2.24, 2.45) is 0 Å². The zero-order valence-corrected chi connectivity index (χ0v) is 30.4. The van der Waals surface area contributed by atoms with Crippen LogP contribution < -0.4 is 10.2 Å². The molecule has 0 fully saturated rings. The van der Waals surface area contributed by atoms with E-state index in [0.717, 1.165) is 12.8 Å². The van der Waals surface area contributed by atoms with Crippen LogP contribution in [0.2, 0.25) is 0 Å². The van der Waals surface area contributed by atoms with E-state index in [0.29, 0.717) is 12.0 Å². The SMILES string of the molecule is CC1C=CC=C(c2ccc(-c3cc(-c4cccc(N5c6ccccc6C6C=CC=CC65)c4)c4c5c3ccc3cc(C(C)(C)C)cc(c35)CC4)cc2)N1. The Kier molecular flexibility index (Phi) is 7.02. The van der Waals surface area contributed by atoms with Gasteiger partial charge >= 0.3 is 0 Å². The molecule has 0 aromatic heterocycles. The first-order valence-corrected chi connectivity index (χ1v) is 19.0. The van der Waals surface area contributed by atoms with Gasteiger partial charge in [0.1, 0.15) is 0 Å². The lowest BCUT2D eigenvalue weighted by molar-refractivity contribution is 0.590. The van der Waals surface area contributed by atoms with Gasteiger partial charge in [0.25, 0.3) is 0 Å². The number of para-hydroxylation sites is 1. The van der Waals surface area contributed by atoms with Crippen molar-refractivity contribution in [1.29, 1.82) is 0 Å². The van der Waals surface area contributed by atoms with Gasteiger partial charge in [0.2, 0.25) is 0 Å². The third kappa shape index (κ3) is 4.92. The van der Waals surface area contributed by atoms with Crippen LogP contribution >= 0.6 is 0 Å². The van der Waals surface area contributed by atoms with Crippen LogP contribution in [0.15, 0.2) is 146 Å². The number of anilines is 2. The van der Waals surface area contributed by atoms with E-state index < -0.39 is 0 Å². The third-order valence-electron chi connectivity index (χ3n) is 11.9. The number of dihydropyridines is 1. The van der Waals surface area contributed by atoms with Crippen molar-refractivity contribution in [2.75, 3.05) is 4.90 Å². The number of hydrogen-bond donors (Lipinski definition) is 1. The molecule has 52 heavy (non-hydrogen) atoms. The van der Waals surface area contributed by atoms with Crippen molar-refractivity contribution >= 4 is 38.6 Å². The minimum absolute atomic E-state index is 0.0991. The van der Waals surface area contributed by atoms with Gasteiger partial charge in [-0.05, 0) is 127 Å². The summed E-state index contributed by atoms with van der Waals surface area (Å²) in [6, 6.07) is 40.3. The number of allylic oxidation sites excluding steroid dienone is 4. The van der Waals surface area contributed by atoms with Gasteiger partial charge in [-0.25, -0.2) is 0 Å². The topological polar surface area (TPSA) is 15.3 Å². The molecule has 2 heteroatoms. The van der Waals surface area contributed by atoms with E-state index in [4.69, 9.17) is 0 Å². The summed E-state index contributed by atoms with van der Waals surface area (Å²) in [5.41, 5.74) is 16.0. The molecule has 3 atom stereocenters. The summed E-state index contributed by atoms with van der Waals surface area (Å²) in [5.74, 6) is 0.364. The van der Waals surface area contributed by atoms with Gasteiger partial charge in [0.05, 0.1) is 6.04 Å². The number of benzene rings is 6. The summed E-state index contributed by atoms with van der Waals surface area (Å²) in [4.78, 5) is 2.56. The second-order valence-electron chi connectivity index (χ2n) is 16.2. The molecule has 3 unspecified atom stereocenters. The van der Waals surface area contributed by atoms with Gasteiger partial charge in [-0.3, -0.25) is 0 Å². The van der Waals surface area contributed by atoms with Crippen molar-refractivity contribution in [3.8, 4) is 22.3 Å². The average molecular weight is 673 g/mol. The maximum Gasteiger partial charge on any atom is 0.0629 e. The molecule has 10 rings (SSSR count). The number of aryl methyl sites for hydroxylation is 2. The molecule has 254 valence electrons. The van der Waals surface area contributed by atoms with Crippen LogP contribution in [0.25, 0.3) is 49.5 Å². The predicted molar refractivity (Wildman–Crippen MR) is 222 cm³/mol. The summed E-state index contributed by atoms with van der Waals surface area (Å²) in [5, 5.41) is 9.20. The molecule has 0 radical (unpaired) electrons. The summed E-state index contributed by atoms with van der Waals surface area (Å²) in [6.45, 7) is 9.19. The van der Waals surface area contributed by atoms with Crippen molar-refractivity contribution in [3.05, 3.63) is 173 Å². The van der Waals surface area contributed by atoms with E-state index in [1.54, 1.807) is 0 Å². The first kappa shape index (κ1) is 31.2. The van der Waals surface area contributed by atoms with Gasteiger partial charge in [0.15, 0.2) is 0 Å². The summed E-state index contributed by atoms with van der Waals surface area (Å²) >= 11 is 0. The van der Waals surface area contributed by atoms with E-state index in [1.807, 2.05) is 0 Å². The molecular weight excluding hydrogens is 629 g/mol. The Balaban J connectivity index is 1.18. The van der Waals surface area contributed by atoms with Crippen molar-refractivity contribution in [2.45, 2.75) is 64.0 Å². The fourth-order valence-electron chi connectivity index (χ4n) is 9.26. The Morgan fingerprint density at radius 3 is 2.35 bits per heavy atom. The molecule has 0 amide bonds. The lowest BCUT2D eigenvalue weighted by Crippen LogP contribution is -2.28. The van der Waals surface area contributed by atoms with Crippen molar-refractivity contribution in [3.63, 3.8) is 0 Å². The molecule has 0 saturated heterocycles. The minimum Gasteiger partial charge on any atom is -0.379 e. The Hall–Kier alpha value is -5.60. The summed E-state index contributed by atoms with van der Waals surface area (Å²) < 4.78 is 0. The number of nitrogens with one attached hydrogen (secondary N) is 1. The smallest absolute Gasteiger partial charge is 0.0629 e. The highest BCUT2D eigenvalue weighted by Gasteiger charge is 2.37. The minimum atomic E-state index is 0.0991. The lowest BCUT2D eigenvalue weighted by Gasteiger charge is -2.30. The van der Waals surface area contributed by atoms with Crippen LogP contribution in [-0.4, -0.2) is 12.1 Å². The van der Waals surface area contributed by atoms with Crippen LogP contribution in [0, 0.1) is 0 Å². The molecule has 2 aliphatic heterocycles. The monoisotopic (exact) mass is 672 g/mol. The first-order valence-electron chi connectivity index (χ1n) is 19.0. The fourth-order valence-corrected chi connectivity index (χ4v) is 9.26. The molecule has 1 N–H and O–H groups in total. The number of rotatable bonds is 4. The molecule has 0 bridgehead atoms. The zero-order valence-electron chi connectivity index (χ0n) is 30.4. The third-order valence-corrected chi connectivity index (χ3v) is 11.9. The second-order valence-corrected chi connectivity index (χ2v) is 16.2. The largest absolute Gasteiger partial charge is 0.379 e. The summed E-state index contributed by atoms with van der Waals surface area (Å²) in [7, 11) is 0. The molecule has 6 aromatic rings. The molecular formula is C50H44N2. The van der Waals surface area contributed by atoms with Crippen LogP contribution in [0.1, 0.15) is 61.4 Å². The van der Waals surface area contributed by atoms with Crippen LogP contribution in [0.4, 0.5) is 11.4 Å². The average Bonchev–Trinajstić information content (AvgIpc) is 3.51. The van der Waals surface area contributed by atoms with Gasteiger partial charge in [-0.1, -0.05) is 136 Å². The number of hydrogen-bond acceptors (Lipinski definition) is 2. The van der Waals surface area contributed by atoms with Gasteiger partial charge in [0, 0.05) is 29.0 Å². The van der Waals surface area contributed by atoms with Crippen LogP contribution in [0.3, 0.4) is 0 Å². The van der Waals surface area contributed by atoms with Crippen LogP contribution in [-0.2, 0) is 18.3 Å². The maximum atomic E-state index is 3.62. The van der Waals surface area contributed by atoms with Crippen molar-refractivity contribution in [1.82, 2.24) is 5.32 Å². The van der Waals surface area contributed by atoms with E-state index >= 15 is 0 Å². The summed E-state index contributed by atoms with van der Waals surface area (Å²) in [6.07, 6.45) is 17.8. The first-order chi connectivity index (χ1) is 25.3. The highest BCUT2D eigenvalue weighted by atomic mass is 15.2. The van der Waals surface area contributed by atoms with Gasteiger partial charge in [-0.15, -0.1) is 0 Å².